The van der Waals surface area contributed by atoms with Crippen LogP contribution in [0, 0.1) is 0 Å². The molecule has 1 saturated heterocycles. The number of ether oxygens (including phenoxy) is 2. The number of fused-ring (bicyclic) bond motifs is 1. The predicted octanol–water partition coefficient (Wildman–Crippen LogP) is 5.06. The third-order valence-electron chi connectivity index (χ3n) is 5.08. The minimum atomic E-state index is -0.331. The Morgan fingerprint density at radius 2 is 1.93 bits per heavy atom. The van der Waals surface area contributed by atoms with E-state index in [0.29, 0.717) is 37.1 Å². The van der Waals surface area contributed by atoms with Gasteiger partial charge in [0.05, 0.1) is 30.4 Å². The molecule has 4 rings (SSSR count). The van der Waals surface area contributed by atoms with Crippen molar-refractivity contribution in [3.8, 4) is 5.69 Å². The maximum atomic E-state index is 13.1. The maximum Gasteiger partial charge on any atom is 0.355 e. The second kappa shape index (κ2) is 8.88. The normalized spacial score (nSPS) is 15.0. The summed E-state index contributed by atoms with van der Waals surface area (Å²) in [6, 6.07) is 13.7. The quantitative estimate of drug-likeness (QED) is 0.482. The summed E-state index contributed by atoms with van der Waals surface area (Å²) in [5, 5.41) is 1.58. The molecule has 1 aromatic heterocycles. The fraction of sp³-hybridized carbons (Fsp3) is 0.318. The number of halogens is 2. The van der Waals surface area contributed by atoms with Gasteiger partial charge in [-0.2, -0.15) is 0 Å². The van der Waals surface area contributed by atoms with E-state index in [2.05, 4.69) is 20.8 Å². The van der Waals surface area contributed by atoms with Gasteiger partial charge in [-0.15, -0.1) is 0 Å². The highest BCUT2D eigenvalue weighted by Crippen LogP contribution is 2.36. The topological polar surface area (TPSA) is 43.7 Å². The number of carbonyl (C=O) groups is 1. The van der Waals surface area contributed by atoms with Gasteiger partial charge in [0.1, 0.15) is 5.69 Å². The number of morpholine rings is 1. The lowest BCUT2D eigenvalue weighted by atomic mass is 10.1. The molecule has 7 heteroatoms. The second-order valence-corrected chi connectivity index (χ2v) is 8.15. The van der Waals surface area contributed by atoms with E-state index < -0.39 is 0 Å². The van der Waals surface area contributed by atoms with Crippen LogP contribution in [0.2, 0.25) is 5.02 Å². The lowest BCUT2D eigenvalue weighted by Gasteiger charge is -2.26. The molecule has 1 aliphatic heterocycles. The Morgan fingerprint density at radius 3 is 2.62 bits per heavy atom. The molecule has 3 aromatic rings. The first-order chi connectivity index (χ1) is 14.1. The van der Waals surface area contributed by atoms with Crippen LogP contribution in [-0.4, -0.2) is 48.3 Å². The third kappa shape index (κ3) is 4.08. The minimum absolute atomic E-state index is 0.316. The van der Waals surface area contributed by atoms with Crippen molar-refractivity contribution in [1.82, 2.24) is 9.47 Å². The Bertz CT molecular complexity index is 1030. The Hall–Kier alpha value is -1.86. The van der Waals surface area contributed by atoms with Gasteiger partial charge in [0, 0.05) is 40.7 Å². The van der Waals surface area contributed by atoms with Gasteiger partial charge in [-0.25, -0.2) is 4.79 Å². The van der Waals surface area contributed by atoms with E-state index in [1.807, 2.05) is 54.0 Å². The first-order valence-electron chi connectivity index (χ1n) is 9.65. The van der Waals surface area contributed by atoms with E-state index in [-0.39, 0.29) is 5.97 Å². The van der Waals surface area contributed by atoms with Crippen LogP contribution in [-0.2, 0) is 16.0 Å². The lowest BCUT2D eigenvalue weighted by Crippen LogP contribution is -2.36. The monoisotopic (exact) mass is 476 g/mol. The largest absolute Gasteiger partial charge is 0.461 e. The van der Waals surface area contributed by atoms with Gasteiger partial charge in [0.25, 0.3) is 0 Å². The molecule has 29 heavy (non-hydrogen) atoms. The van der Waals surface area contributed by atoms with Crippen LogP contribution in [0.25, 0.3) is 16.6 Å². The molecule has 0 bridgehead atoms. The smallest absolute Gasteiger partial charge is 0.355 e. The fourth-order valence-electron chi connectivity index (χ4n) is 3.75. The van der Waals surface area contributed by atoms with Gasteiger partial charge >= 0.3 is 5.97 Å². The molecular formula is C22H22BrClN2O3. The molecule has 0 aliphatic carbocycles. The van der Waals surface area contributed by atoms with Crippen molar-refractivity contribution in [3.63, 3.8) is 0 Å². The molecule has 0 radical (unpaired) electrons. The van der Waals surface area contributed by atoms with E-state index >= 15 is 0 Å². The van der Waals surface area contributed by atoms with Gasteiger partial charge < -0.3 is 14.0 Å². The molecule has 0 atom stereocenters. The molecule has 1 aliphatic rings. The Kier molecular flexibility index (Phi) is 6.25. The van der Waals surface area contributed by atoms with Crippen LogP contribution in [0.5, 0.6) is 0 Å². The third-order valence-corrected chi connectivity index (χ3v) is 6.28. The van der Waals surface area contributed by atoms with Crippen LogP contribution in [0.3, 0.4) is 0 Å². The Morgan fingerprint density at radius 1 is 1.21 bits per heavy atom. The number of hydrogen-bond donors (Lipinski definition) is 0. The highest BCUT2D eigenvalue weighted by atomic mass is 79.9. The average Bonchev–Trinajstić information content (AvgIpc) is 3.03. The van der Waals surface area contributed by atoms with Crippen LogP contribution in [0.1, 0.15) is 23.0 Å². The molecule has 0 amide bonds. The minimum Gasteiger partial charge on any atom is -0.461 e. The number of aromatic nitrogens is 1. The summed E-state index contributed by atoms with van der Waals surface area (Å²) >= 11 is 9.98. The number of hydrogen-bond acceptors (Lipinski definition) is 4. The van der Waals surface area contributed by atoms with Gasteiger partial charge in [-0.05, 0) is 47.1 Å². The van der Waals surface area contributed by atoms with Gasteiger partial charge in [0.15, 0.2) is 0 Å². The highest BCUT2D eigenvalue weighted by molar-refractivity contribution is 9.10. The molecule has 1 fully saturated rings. The summed E-state index contributed by atoms with van der Waals surface area (Å²) in [7, 11) is 0. The first kappa shape index (κ1) is 20.4. The summed E-state index contributed by atoms with van der Waals surface area (Å²) in [5.74, 6) is -0.331. The van der Waals surface area contributed by atoms with Crippen molar-refractivity contribution in [2.24, 2.45) is 0 Å². The van der Waals surface area contributed by atoms with E-state index in [1.165, 1.54) is 0 Å². The number of benzene rings is 2. The standard InChI is InChI=1S/C22H22BrClN2O3/c1-2-29-22(27)21-17(14-25-8-10-28-11-9-25)16-12-18(23)19(24)13-20(16)26(21)15-6-4-3-5-7-15/h3-7,12-13H,2,8-11,14H2,1H3. The SMILES string of the molecule is CCOC(=O)c1c(CN2CCOCC2)c2cc(Br)c(Cl)cc2n1-c1ccccc1. The Balaban J connectivity index is 1.98. The number of carbonyl (C=O) groups excluding carboxylic acids is 1. The van der Waals surface area contributed by atoms with E-state index in [0.717, 1.165) is 39.7 Å². The number of esters is 1. The van der Waals surface area contributed by atoms with Crippen molar-refractivity contribution in [3.05, 3.63) is 63.2 Å². The number of rotatable bonds is 5. The van der Waals surface area contributed by atoms with Crippen molar-refractivity contribution in [1.29, 1.82) is 0 Å². The van der Waals surface area contributed by atoms with Crippen molar-refractivity contribution >= 4 is 44.4 Å². The van der Waals surface area contributed by atoms with E-state index in [1.54, 1.807) is 0 Å². The number of nitrogens with zero attached hydrogens (tertiary/aromatic N) is 2. The highest BCUT2D eigenvalue weighted by Gasteiger charge is 2.27. The maximum absolute atomic E-state index is 13.1. The van der Waals surface area contributed by atoms with Crippen molar-refractivity contribution < 1.29 is 14.3 Å². The molecule has 0 unspecified atom stereocenters. The molecule has 2 aromatic carbocycles. The van der Waals surface area contributed by atoms with Crippen LogP contribution in [0.15, 0.2) is 46.9 Å². The average molecular weight is 478 g/mol. The van der Waals surface area contributed by atoms with Gasteiger partial charge in [-0.3, -0.25) is 4.90 Å². The van der Waals surface area contributed by atoms with Crippen molar-refractivity contribution in [2.75, 3.05) is 32.9 Å². The van der Waals surface area contributed by atoms with Crippen molar-refractivity contribution in [2.45, 2.75) is 13.5 Å². The molecule has 5 nitrogen and oxygen atoms in total. The summed E-state index contributed by atoms with van der Waals surface area (Å²) in [4.78, 5) is 15.4. The summed E-state index contributed by atoms with van der Waals surface area (Å²) in [6.07, 6.45) is 0. The van der Waals surface area contributed by atoms with Gasteiger partial charge in [0.2, 0.25) is 0 Å². The molecule has 0 spiro atoms. The molecular weight excluding hydrogens is 456 g/mol. The summed E-state index contributed by atoms with van der Waals surface area (Å²) < 4.78 is 13.7. The fourth-order valence-corrected chi connectivity index (χ4v) is 4.25. The summed E-state index contributed by atoms with van der Waals surface area (Å²) in [6.45, 7) is 5.83. The van der Waals surface area contributed by atoms with E-state index in [4.69, 9.17) is 21.1 Å². The van der Waals surface area contributed by atoms with Crippen LogP contribution in [0.4, 0.5) is 0 Å². The molecule has 2 heterocycles. The van der Waals surface area contributed by atoms with E-state index in [9.17, 15) is 4.79 Å². The molecule has 0 N–H and O–H groups in total. The molecule has 0 saturated carbocycles. The van der Waals surface area contributed by atoms with Gasteiger partial charge in [-0.1, -0.05) is 29.8 Å². The zero-order chi connectivity index (χ0) is 20.4. The number of para-hydroxylation sites is 1. The summed E-state index contributed by atoms with van der Waals surface area (Å²) in [5.41, 5.74) is 3.28. The van der Waals surface area contributed by atoms with Crippen LogP contribution >= 0.6 is 27.5 Å². The second-order valence-electron chi connectivity index (χ2n) is 6.89. The molecule has 152 valence electrons. The zero-order valence-corrected chi connectivity index (χ0v) is 18.5. The zero-order valence-electron chi connectivity index (χ0n) is 16.2. The predicted molar refractivity (Wildman–Crippen MR) is 118 cm³/mol. The first-order valence-corrected chi connectivity index (χ1v) is 10.8. The van der Waals surface area contributed by atoms with Crippen LogP contribution < -0.4 is 0 Å². The lowest BCUT2D eigenvalue weighted by molar-refractivity contribution is 0.0337. The Labute approximate surface area is 183 Å².